The number of thiophene rings is 1. The average Bonchev–Trinajstić information content (AvgIpc) is 3.16. The SMILES string of the molecule is CN1CC(C(=O)NC2CCN(Cc3cccs3)CC2)Oc2ccccc21. The topological polar surface area (TPSA) is 44.8 Å². The van der Waals surface area contributed by atoms with Gasteiger partial charge in [0.2, 0.25) is 0 Å². The van der Waals surface area contributed by atoms with Crippen LogP contribution in [-0.2, 0) is 11.3 Å². The average molecular weight is 372 g/mol. The summed E-state index contributed by atoms with van der Waals surface area (Å²) < 4.78 is 5.93. The molecule has 0 bridgehead atoms. The Morgan fingerprint density at radius 2 is 2.04 bits per heavy atom. The van der Waals surface area contributed by atoms with Gasteiger partial charge in [0, 0.05) is 37.6 Å². The number of likely N-dealkylation sites (tertiary alicyclic amines) is 1. The maximum absolute atomic E-state index is 12.7. The number of nitrogens with zero attached hydrogens (tertiary/aromatic N) is 2. The predicted octanol–water partition coefficient (Wildman–Crippen LogP) is 2.73. The van der Waals surface area contributed by atoms with Crippen molar-refractivity contribution in [2.24, 2.45) is 0 Å². The quantitative estimate of drug-likeness (QED) is 0.898. The molecule has 1 unspecified atom stereocenters. The fourth-order valence-corrected chi connectivity index (χ4v) is 4.44. The second-order valence-electron chi connectivity index (χ2n) is 7.09. The minimum Gasteiger partial charge on any atom is -0.477 e. The highest BCUT2D eigenvalue weighted by Gasteiger charge is 2.31. The fourth-order valence-electron chi connectivity index (χ4n) is 3.70. The fraction of sp³-hybridized carbons (Fsp3) is 0.450. The van der Waals surface area contributed by atoms with Gasteiger partial charge >= 0.3 is 0 Å². The third kappa shape index (κ3) is 3.86. The van der Waals surface area contributed by atoms with Gasteiger partial charge in [0.1, 0.15) is 5.75 Å². The first-order valence-corrected chi connectivity index (χ1v) is 10.1. The van der Waals surface area contributed by atoms with Crippen molar-refractivity contribution >= 4 is 22.9 Å². The summed E-state index contributed by atoms with van der Waals surface area (Å²) in [7, 11) is 2.00. The summed E-state index contributed by atoms with van der Waals surface area (Å²) in [5.41, 5.74) is 1.04. The summed E-state index contributed by atoms with van der Waals surface area (Å²) in [6.45, 7) is 3.65. The molecule has 0 spiro atoms. The van der Waals surface area contributed by atoms with E-state index < -0.39 is 6.10 Å². The van der Waals surface area contributed by atoms with Crippen molar-refractivity contribution in [3.8, 4) is 5.75 Å². The second kappa shape index (κ2) is 7.68. The largest absolute Gasteiger partial charge is 0.477 e. The number of amides is 1. The van der Waals surface area contributed by atoms with Gasteiger partial charge in [-0.2, -0.15) is 0 Å². The Kier molecular flexibility index (Phi) is 5.13. The standard InChI is InChI=1S/C20H25N3O2S/c1-22-14-19(25-18-7-3-2-6-17(18)22)20(24)21-15-8-10-23(11-9-15)13-16-5-4-12-26-16/h2-7,12,15,19H,8-11,13-14H2,1H3,(H,21,24). The maximum Gasteiger partial charge on any atom is 0.263 e. The molecule has 0 aliphatic carbocycles. The molecular weight excluding hydrogens is 346 g/mol. The minimum atomic E-state index is -0.445. The van der Waals surface area contributed by atoms with Crippen molar-refractivity contribution in [2.45, 2.75) is 31.5 Å². The molecule has 26 heavy (non-hydrogen) atoms. The number of nitrogens with one attached hydrogen (secondary N) is 1. The first-order valence-electron chi connectivity index (χ1n) is 9.21. The van der Waals surface area contributed by atoms with Crippen LogP contribution in [0.15, 0.2) is 41.8 Å². The van der Waals surface area contributed by atoms with Gasteiger partial charge in [0.15, 0.2) is 6.10 Å². The lowest BCUT2D eigenvalue weighted by Gasteiger charge is -2.35. The Balaban J connectivity index is 1.28. The highest BCUT2D eigenvalue weighted by atomic mass is 32.1. The molecule has 0 radical (unpaired) electrons. The number of anilines is 1. The second-order valence-corrected chi connectivity index (χ2v) is 8.13. The zero-order chi connectivity index (χ0) is 17.9. The van der Waals surface area contributed by atoms with Gasteiger partial charge in [-0.25, -0.2) is 0 Å². The van der Waals surface area contributed by atoms with Crippen LogP contribution in [0.5, 0.6) is 5.75 Å². The van der Waals surface area contributed by atoms with Gasteiger partial charge in [-0.05, 0) is 36.4 Å². The summed E-state index contributed by atoms with van der Waals surface area (Å²) >= 11 is 1.81. The summed E-state index contributed by atoms with van der Waals surface area (Å²) in [5.74, 6) is 0.787. The van der Waals surface area contributed by atoms with Crippen LogP contribution in [0, 0.1) is 0 Å². The maximum atomic E-state index is 12.7. The molecule has 0 saturated carbocycles. The zero-order valence-electron chi connectivity index (χ0n) is 15.1. The summed E-state index contributed by atoms with van der Waals surface area (Å²) in [5, 5.41) is 5.33. The lowest BCUT2D eigenvalue weighted by atomic mass is 10.0. The first kappa shape index (κ1) is 17.4. The molecule has 1 amide bonds. The third-order valence-electron chi connectivity index (χ3n) is 5.17. The monoisotopic (exact) mass is 371 g/mol. The van der Waals surface area contributed by atoms with Crippen LogP contribution in [0.4, 0.5) is 5.69 Å². The summed E-state index contributed by atoms with van der Waals surface area (Å²) in [6, 6.07) is 12.4. The molecular formula is C20H25N3O2S. The Labute approximate surface area is 158 Å². The van der Waals surface area contributed by atoms with Gasteiger partial charge < -0.3 is 15.0 Å². The van der Waals surface area contributed by atoms with Gasteiger partial charge in [0.25, 0.3) is 5.91 Å². The van der Waals surface area contributed by atoms with Crippen LogP contribution < -0.4 is 15.0 Å². The van der Waals surface area contributed by atoms with Crippen molar-refractivity contribution in [2.75, 3.05) is 31.6 Å². The molecule has 4 rings (SSSR count). The van der Waals surface area contributed by atoms with E-state index in [4.69, 9.17) is 4.74 Å². The van der Waals surface area contributed by atoms with E-state index in [0.29, 0.717) is 6.54 Å². The van der Waals surface area contributed by atoms with E-state index in [9.17, 15) is 4.79 Å². The number of para-hydroxylation sites is 2. The van der Waals surface area contributed by atoms with Crippen LogP contribution in [0.3, 0.4) is 0 Å². The molecule has 6 heteroatoms. The molecule has 2 aliphatic rings. The number of piperidine rings is 1. The molecule has 2 aliphatic heterocycles. The van der Waals surface area contributed by atoms with E-state index in [2.05, 4.69) is 32.6 Å². The normalized spacial score (nSPS) is 21.1. The highest BCUT2D eigenvalue weighted by Crippen LogP contribution is 2.32. The van der Waals surface area contributed by atoms with Gasteiger partial charge in [-0.1, -0.05) is 18.2 Å². The molecule has 1 aromatic heterocycles. The van der Waals surface area contributed by atoms with Crippen LogP contribution in [0.1, 0.15) is 17.7 Å². The molecule has 138 valence electrons. The molecule has 5 nitrogen and oxygen atoms in total. The molecule has 1 saturated heterocycles. The molecule has 1 N–H and O–H groups in total. The van der Waals surface area contributed by atoms with Gasteiger partial charge in [0.05, 0.1) is 12.2 Å². The lowest BCUT2D eigenvalue weighted by Crippen LogP contribution is -2.52. The number of carbonyl (C=O) groups is 1. The number of ether oxygens (including phenoxy) is 1. The molecule has 1 atom stereocenters. The van der Waals surface area contributed by atoms with Gasteiger partial charge in [-0.15, -0.1) is 11.3 Å². The van der Waals surface area contributed by atoms with E-state index in [1.165, 1.54) is 4.88 Å². The number of fused-ring (bicyclic) bond motifs is 1. The number of benzene rings is 1. The van der Waals surface area contributed by atoms with E-state index in [1.54, 1.807) is 0 Å². The number of likely N-dealkylation sites (N-methyl/N-ethyl adjacent to an activating group) is 1. The Morgan fingerprint density at radius 3 is 2.81 bits per heavy atom. The van der Waals surface area contributed by atoms with Crippen LogP contribution >= 0.6 is 11.3 Å². The van der Waals surface area contributed by atoms with E-state index in [0.717, 1.165) is 43.9 Å². The highest BCUT2D eigenvalue weighted by molar-refractivity contribution is 7.09. The predicted molar refractivity (Wildman–Crippen MR) is 105 cm³/mol. The number of hydrogen-bond donors (Lipinski definition) is 1. The van der Waals surface area contributed by atoms with Crippen molar-refractivity contribution in [3.05, 3.63) is 46.7 Å². The smallest absolute Gasteiger partial charge is 0.263 e. The van der Waals surface area contributed by atoms with Crippen molar-refractivity contribution < 1.29 is 9.53 Å². The minimum absolute atomic E-state index is 0.00283. The van der Waals surface area contributed by atoms with Crippen molar-refractivity contribution in [1.29, 1.82) is 0 Å². The van der Waals surface area contributed by atoms with Crippen molar-refractivity contribution in [1.82, 2.24) is 10.2 Å². The first-order chi connectivity index (χ1) is 12.7. The van der Waals surface area contributed by atoms with Gasteiger partial charge in [-0.3, -0.25) is 9.69 Å². The van der Waals surface area contributed by atoms with Crippen molar-refractivity contribution in [3.63, 3.8) is 0 Å². The third-order valence-corrected chi connectivity index (χ3v) is 6.03. The molecule has 1 fully saturated rings. The molecule has 3 heterocycles. The van der Waals surface area contributed by atoms with Crippen LogP contribution in [-0.4, -0.2) is 49.6 Å². The summed E-state index contributed by atoms with van der Waals surface area (Å²) in [6.07, 6.45) is 1.55. The Bertz CT molecular complexity index is 741. The molecule has 2 aromatic rings. The number of hydrogen-bond acceptors (Lipinski definition) is 5. The van der Waals surface area contributed by atoms with Crippen LogP contribution in [0.25, 0.3) is 0 Å². The summed E-state index contributed by atoms with van der Waals surface area (Å²) in [4.78, 5) is 18.6. The van der Waals surface area contributed by atoms with E-state index in [-0.39, 0.29) is 11.9 Å². The Hall–Kier alpha value is -2.05. The van der Waals surface area contributed by atoms with E-state index >= 15 is 0 Å². The van der Waals surface area contributed by atoms with E-state index in [1.807, 2.05) is 42.6 Å². The number of carbonyl (C=O) groups excluding carboxylic acids is 1. The molecule has 1 aromatic carbocycles. The Morgan fingerprint density at radius 1 is 1.23 bits per heavy atom. The van der Waals surface area contributed by atoms with Crippen LogP contribution in [0.2, 0.25) is 0 Å². The number of rotatable bonds is 4. The lowest BCUT2D eigenvalue weighted by molar-refractivity contribution is -0.128. The zero-order valence-corrected chi connectivity index (χ0v) is 15.9.